The third-order valence-electron chi connectivity index (χ3n) is 1.94. The fourth-order valence-electron chi connectivity index (χ4n) is 1.22. The third kappa shape index (κ3) is 2.62. The molecule has 0 saturated heterocycles. The molecule has 0 aliphatic rings. The van der Waals surface area contributed by atoms with E-state index in [0.29, 0.717) is 20.8 Å². The van der Waals surface area contributed by atoms with Crippen molar-refractivity contribution in [3.8, 4) is 11.5 Å². The second-order valence-electron chi connectivity index (χ2n) is 3.12. The number of benzene rings is 2. The minimum atomic E-state index is 0.337. The zero-order valence-corrected chi connectivity index (χ0v) is 10.4. The van der Waals surface area contributed by atoms with Crippen molar-refractivity contribution in [1.29, 1.82) is 0 Å². The zero-order valence-electron chi connectivity index (χ0n) is 8.08. The number of ether oxygens (including phenoxy) is 1. The maximum atomic E-state index is 5.89. The van der Waals surface area contributed by atoms with Gasteiger partial charge in [-0.2, -0.15) is 0 Å². The van der Waals surface area contributed by atoms with Gasteiger partial charge in [-0.1, -0.05) is 53.0 Å². The summed E-state index contributed by atoms with van der Waals surface area (Å²) in [6, 6.07) is 12.6. The van der Waals surface area contributed by atoms with Crippen molar-refractivity contribution < 1.29 is 4.74 Å². The van der Waals surface area contributed by atoms with Crippen LogP contribution in [0.3, 0.4) is 0 Å². The van der Waals surface area contributed by atoms with E-state index in [1.54, 1.807) is 12.1 Å². The first kappa shape index (κ1) is 11.6. The van der Waals surface area contributed by atoms with Gasteiger partial charge in [-0.05, 0) is 12.1 Å². The van der Waals surface area contributed by atoms with Crippen LogP contribution >= 0.6 is 34.8 Å². The maximum absolute atomic E-state index is 5.89. The minimum Gasteiger partial charge on any atom is -0.457 e. The van der Waals surface area contributed by atoms with Gasteiger partial charge in [0.1, 0.15) is 11.5 Å². The lowest BCUT2D eigenvalue weighted by molar-refractivity contribution is 0.483. The summed E-state index contributed by atoms with van der Waals surface area (Å²) in [6.45, 7) is 0. The second kappa shape index (κ2) is 4.96. The van der Waals surface area contributed by atoms with Crippen molar-refractivity contribution >= 4 is 34.8 Å². The number of hydrogen-bond acceptors (Lipinski definition) is 1. The summed E-state index contributed by atoms with van der Waals surface area (Å²) in [4.78, 5) is 0. The second-order valence-corrected chi connectivity index (χ2v) is 4.31. The molecule has 0 fully saturated rings. The summed E-state index contributed by atoms with van der Waals surface area (Å²) in [6.07, 6.45) is 0. The summed E-state index contributed by atoms with van der Waals surface area (Å²) in [5.41, 5.74) is 0. The molecule has 2 aromatic rings. The SMILES string of the molecule is Clc1cc(Oc2ccccc2)cc(Cl)c1Cl. The monoisotopic (exact) mass is 272 g/mol. The van der Waals surface area contributed by atoms with Gasteiger partial charge in [0, 0.05) is 12.1 Å². The Labute approximate surface area is 109 Å². The molecule has 0 aliphatic heterocycles. The van der Waals surface area contributed by atoms with Crippen LogP contribution in [0, 0.1) is 0 Å². The van der Waals surface area contributed by atoms with Gasteiger partial charge in [-0.15, -0.1) is 0 Å². The van der Waals surface area contributed by atoms with E-state index in [1.165, 1.54) is 0 Å². The highest BCUT2D eigenvalue weighted by Gasteiger charge is 2.07. The summed E-state index contributed by atoms with van der Waals surface area (Å²) < 4.78 is 5.57. The lowest BCUT2D eigenvalue weighted by Crippen LogP contribution is -1.84. The van der Waals surface area contributed by atoms with E-state index in [1.807, 2.05) is 30.3 Å². The van der Waals surface area contributed by atoms with Gasteiger partial charge in [0.15, 0.2) is 0 Å². The van der Waals surface area contributed by atoms with Gasteiger partial charge in [0.25, 0.3) is 0 Å². The Kier molecular flexibility index (Phi) is 3.59. The van der Waals surface area contributed by atoms with Crippen LogP contribution in [0.4, 0.5) is 0 Å². The van der Waals surface area contributed by atoms with Crippen LogP contribution in [0.5, 0.6) is 11.5 Å². The fourth-order valence-corrected chi connectivity index (χ4v) is 1.79. The average molecular weight is 274 g/mol. The lowest BCUT2D eigenvalue weighted by atomic mass is 10.3. The molecule has 0 heterocycles. The van der Waals surface area contributed by atoms with Crippen LogP contribution in [-0.2, 0) is 0 Å². The maximum Gasteiger partial charge on any atom is 0.130 e. The predicted molar refractivity (Wildman–Crippen MR) is 68.0 cm³/mol. The van der Waals surface area contributed by atoms with E-state index in [0.717, 1.165) is 5.75 Å². The molecule has 0 saturated carbocycles. The van der Waals surface area contributed by atoms with Crippen LogP contribution in [0.1, 0.15) is 0 Å². The molecule has 0 bridgehead atoms. The Morgan fingerprint density at radius 2 is 1.31 bits per heavy atom. The van der Waals surface area contributed by atoms with Gasteiger partial charge in [0.05, 0.1) is 15.1 Å². The van der Waals surface area contributed by atoms with Crippen LogP contribution in [0.15, 0.2) is 42.5 Å². The number of rotatable bonds is 2. The molecule has 0 aromatic heterocycles. The van der Waals surface area contributed by atoms with Crippen molar-refractivity contribution in [3.05, 3.63) is 57.5 Å². The van der Waals surface area contributed by atoms with Crippen molar-refractivity contribution in [1.82, 2.24) is 0 Å². The van der Waals surface area contributed by atoms with Crippen molar-refractivity contribution in [3.63, 3.8) is 0 Å². The van der Waals surface area contributed by atoms with Gasteiger partial charge in [-0.3, -0.25) is 0 Å². The highest BCUT2D eigenvalue weighted by Crippen LogP contribution is 2.35. The van der Waals surface area contributed by atoms with Crippen molar-refractivity contribution in [2.75, 3.05) is 0 Å². The first-order valence-electron chi connectivity index (χ1n) is 4.54. The molecule has 2 rings (SSSR count). The molecule has 0 amide bonds. The molecule has 0 atom stereocenters. The normalized spacial score (nSPS) is 10.2. The molecule has 2 aromatic carbocycles. The Morgan fingerprint density at radius 3 is 1.88 bits per heavy atom. The van der Waals surface area contributed by atoms with Crippen LogP contribution in [-0.4, -0.2) is 0 Å². The van der Waals surface area contributed by atoms with E-state index in [-0.39, 0.29) is 0 Å². The zero-order chi connectivity index (χ0) is 11.5. The molecule has 0 spiro atoms. The average Bonchev–Trinajstić information content (AvgIpc) is 2.27. The topological polar surface area (TPSA) is 9.23 Å². The third-order valence-corrected chi connectivity index (χ3v) is 3.13. The molecule has 4 heteroatoms. The fraction of sp³-hybridized carbons (Fsp3) is 0. The van der Waals surface area contributed by atoms with E-state index < -0.39 is 0 Å². The van der Waals surface area contributed by atoms with Crippen LogP contribution < -0.4 is 4.74 Å². The van der Waals surface area contributed by atoms with Gasteiger partial charge < -0.3 is 4.74 Å². The molecule has 0 radical (unpaired) electrons. The predicted octanol–water partition coefficient (Wildman–Crippen LogP) is 5.44. The Balaban J connectivity index is 2.29. The smallest absolute Gasteiger partial charge is 0.130 e. The van der Waals surface area contributed by atoms with Crippen LogP contribution in [0.25, 0.3) is 0 Å². The van der Waals surface area contributed by atoms with Gasteiger partial charge >= 0.3 is 0 Å². The molecule has 82 valence electrons. The summed E-state index contributed by atoms with van der Waals surface area (Å²) in [5.74, 6) is 1.28. The Hall–Kier alpha value is -0.890. The molecule has 1 nitrogen and oxygen atoms in total. The molecular weight excluding hydrogens is 266 g/mol. The Bertz CT molecular complexity index is 474. The van der Waals surface area contributed by atoms with Gasteiger partial charge in [0.2, 0.25) is 0 Å². The largest absolute Gasteiger partial charge is 0.457 e. The number of hydrogen-bond donors (Lipinski definition) is 0. The first-order valence-corrected chi connectivity index (χ1v) is 5.67. The van der Waals surface area contributed by atoms with E-state index in [4.69, 9.17) is 39.5 Å². The minimum absolute atomic E-state index is 0.337. The molecule has 0 N–H and O–H groups in total. The van der Waals surface area contributed by atoms with Crippen LogP contribution in [0.2, 0.25) is 15.1 Å². The quantitative estimate of drug-likeness (QED) is 0.662. The van der Waals surface area contributed by atoms with Crippen molar-refractivity contribution in [2.24, 2.45) is 0 Å². The Morgan fingerprint density at radius 1 is 0.750 bits per heavy atom. The number of para-hydroxylation sites is 1. The first-order chi connectivity index (χ1) is 7.66. The molecule has 16 heavy (non-hydrogen) atoms. The van der Waals surface area contributed by atoms with Gasteiger partial charge in [-0.25, -0.2) is 0 Å². The summed E-state index contributed by atoms with van der Waals surface area (Å²) in [5, 5.41) is 1.09. The molecular formula is C12H7Cl3O. The van der Waals surface area contributed by atoms with E-state index in [9.17, 15) is 0 Å². The highest BCUT2D eigenvalue weighted by molar-refractivity contribution is 6.48. The summed E-state index contributed by atoms with van der Waals surface area (Å²) >= 11 is 17.6. The molecule has 0 unspecified atom stereocenters. The summed E-state index contributed by atoms with van der Waals surface area (Å²) in [7, 11) is 0. The standard InChI is InChI=1S/C12H7Cl3O/c13-10-6-9(7-11(14)12(10)15)16-8-4-2-1-3-5-8/h1-7H. The lowest BCUT2D eigenvalue weighted by Gasteiger charge is -2.07. The number of halogens is 3. The van der Waals surface area contributed by atoms with E-state index in [2.05, 4.69) is 0 Å². The highest BCUT2D eigenvalue weighted by atomic mass is 35.5. The van der Waals surface area contributed by atoms with E-state index >= 15 is 0 Å². The van der Waals surface area contributed by atoms with Crippen molar-refractivity contribution in [2.45, 2.75) is 0 Å². The molecule has 0 aliphatic carbocycles.